The minimum Gasteiger partial charge on any atom is -0.398 e. The molecule has 2 aromatic carbocycles. The standard InChI is InChI=1S/C22H17F4N3O2/c23-16-8-4-7-15-17(16)18(13-9-10-28(11-13)14-5-2-1-3-6-14)29-12-27-20(19(15)29)31-21(30)22(24,25)26/h1-8,12-13,18H,9-11H2. The van der Waals surface area contributed by atoms with Gasteiger partial charge in [0.05, 0.1) is 12.4 Å². The lowest BCUT2D eigenvalue weighted by atomic mass is 9.91. The molecule has 0 aliphatic carbocycles. The number of halogens is 4. The Morgan fingerprint density at radius 2 is 1.87 bits per heavy atom. The summed E-state index contributed by atoms with van der Waals surface area (Å²) in [5.74, 6) is -3.27. The SMILES string of the molecule is O=C(Oc1ncn2c1-c1cccc(F)c1C2C1CCN(c2ccccc2)C1)C(F)(F)F. The molecule has 5 rings (SSSR count). The van der Waals surface area contributed by atoms with Gasteiger partial charge in [-0.25, -0.2) is 14.2 Å². The van der Waals surface area contributed by atoms with Crippen LogP contribution in [0.3, 0.4) is 0 Å². The van der Waals surface area contributed by atoms with Crippen molar-refractivity contribution in [2.75, 3.05) is 18.0 Å². The highest BCUT2D eigenvalue weighted by atomic mass is 19.4. The van der Waals surface area contributed by atoms with Gasteiger partial charge in [0, 0.05) is 35.8 Å². The zero-order valence-corrected chi connectivity index (χ0v) is 16.1. The summed E-state index contributed by atoms with van der Waals surface area (Å²) in [5, 5.41) is 0. The minimum absolute atomic E-state index is 0.00234. The molecule has 3 heterocycles. The van der Waals surface area contributed by atoms with E-state index in [1.165, 1.54) is 18.5 Å². The largest absolute Gasteiger partial charge is 0.491 e. The first kappa shape index (κ1) is 19.6. The van der Waals surface area contributed by atoms with Crippen LogP contribution in [0, 0.1) is 11.7 Å². The van der Waals surface area contributed by atoms with E-state index in [0.717, 1.165) is 18.7 Å². The Balaban J connectivity index is 1.52. The normalized spacial score (nSPS) is 19.9. The number of esters is 1. The molecule has 2 unspecified atom stereocenters. The van der Waals surface area contributed by atoms with Gasteiger partial charge in [0.1, 0.15) is 11.5 Å². The molecule has 1 saturated heterocycles. The molecule has 2 atom stereocenters. The number of carbonyl (C=O) groups is 1. The summed E-state index contributed by atoms with van der Waals surface area (Å²) in [7, 11) is 0. The quantitative estimate of drug-likeness (QED) is 0.450. The van der Waals surface area contributed by atoms with Gasteiger partial charge in [-0.1, -0.05) is 30.3 Å². The van der Waals surface area contributed by atoms with Crippen LogP contribution < -0.4 is 9.64 Å². The summed E-state index contributed by atoms with van der Waals surface area (Å²) >= 11 is 0. The number of fused-ring (bicyclic) bond motifs is 3. The van der Waals surface area contributed by atoms with Gasteiger partial charge in [-0.2, -0.15) is 13.2 Å². The number of hydrogen-bond acceptors (Lipinski definition) is 4. The van der Waals surface area contributed by atoms with Crippen molar-refractivity contribution >= 4 is 11.7 Å². The third kappa shape index (κ3) is 3.24. The van der Waals surface area contributed by atoms with E-state index >= 15 is 0 Å². The van der Waals surface area contributed by atoms with Crippen molar-refractivity contribution < 1.29 is 27.1 Å². The molecule has 9 heteroatoms. The van der Waals surface area contributed by atoms with Crippen LogP contribution in [0.2, 0.25) is 0 Å². The second kappa shape index (κ2) is 7.11. The highest BCUT2D eigenvalue weighted by Crippen LogP contribution is 2.50. The molecular formula is C22H17F4N3O2. The van der Waals surface area contributed by atoms with E-state index in [9.17, 15) is 22.4 Å². The van der Waals surface area contributed by atoms with Crippen molar-refractivity contribution in [2.45, 2.75) is 18.6 Å². The number of anilines is 1. The molecule has 31 heavy (non-hydrogen) atoms. The zero-order valence-electron chi connectivity index (χ0n) is 16.1. The van der Waals surface area contributed by atoms with Gasteiger partial charge in [-0.3, -0.25) is 0 Å². The molecule has 5 nitrogen and oxygen atoms in total. The van der Waals surface area contributed by atoms with Gasteiger partial charge in [0.25, 0.3) is 0 Å². The molecule has 1 fully saturated rings. The third-order valence-electron chi connectivity index (χ3n) is 5.88. The molecular weight excluding hydrogens is 414 g/mol. The van der Waals surface area contributed by atoms with Gasteiger partial charge >= 0.3 is 12.1 Å². The molecule has 0 bridgehead atoms. The number of hydrogen-bond donors (Lipinski definition) is 0. The molecule has 160 valence electrons. The summed E-state index contributed by atoms with van der Waals surface area (Å²) < 4.78 is 59.2. The number of nitrogens with zero attached hydrogens (tertiary/aromatic N) is 3. The fraction of sp³-hybridized carbons (Fsp3) is 0.273. The number of para-hydroxylation sites is 1. The van der Waals surface area contributed by atoms with E-state index < -0.39 is 29.9 Å². The molecule has 1 aromatic heterocycles. The Labute approximate surface area is 174 Å². The van der Waals surface area contributed by atoms with Crippen molar-refractivity contribution in [3.63, 3.8) is 0 Å². The van der Waals surface area contributed by atoms with Gasteiger partial charge in [-0.15, -0.1) is 0 Å². The van der Waals surface area contributed by atoms with E-state index in [4.69, 9.17) is 0 Å². The van der Waals surface area contributed by atoms with Gasteiger partial charge < -0.3 is 14.2 Å². The first-order valence-electron chi connectivity index (χ1n) is 9.79. The van der Waals surface area contributed by atoms with Crippen LogP contribution in [0.4, 0.5) is 23.2 Å². The van der Waals surface area contributed by atoms with Crippen molar-refractivity contribution in [1.82, 2.24) is 9.55 Å². The summed E-state index contributed by atoms with van der Waals surface area (Å²) in [4.78, 5) is 17.5. The van der Waals surface area contributed by atoms with E-state index in [1.807, 2.05) is 30.3 Å². The Morgan fingerprint density at radius 1 is 1.10 bits per heavy atom. The molecule has 0 amide bonds. The number of aromatic nitrogens is 2. The number of benzene rings is 2. The van der Waals surface area contributed by atoms with Crippen LogP contribution in [-0.2, 0) is 4.79 Å². The summed E-state index contributed by atoms with van der Waals surface area (Å²) in [6, 6.07) is 13.8. The van der Waals surface area contributed by atoms with Crippen LogP contribution in [0.25, 0.3) is 11.3 Å². The van der Waals surface area contributed by atoms with Crippen LogP contribution in [0.1, 0.15) is 18.0 Å². The Morgan fingerprint density at radius 3 is 2.61 bits per heavy atom. The lowest BCUT2D eigenvalue weighted by Crippen LogP contribution is -2.28. The molecule has 0 radical (unpaired) electrons. The van der Waals surface area contributed by atoms with E-state index in [2.05, 4.69) is 14.6 Å². The topological polar surface area (TPSA) is 47.4 Å². The second-order valence-electron chi connectivity index (χ2n) is 7.67. The lowest BCUT2D eigenvalue weighted by molar-refractivity contribution is -0.189. The maximum absolute atomic E-state index is 14.9. The zero-order chi connectivity index (χ0) is 21.8. The number of carbonyl (C=O) groups excluding carboxylic acids is 1. The van der Waals surface area contributed by atoms with Crippen LogP contribution in [-0.4, -0.2) is 34.8 Å². The fourth-order valence-electron chi connectivity index (χ4n) is 4.59. The molecule has 0 spiro atoms. The number of rotatable bonds is 3. The third-order valence-corrected chi connectivity index (χ3v) is 5.88. The first-order chi connectivity index (χ1) is 14.8. The highest BCUT2D eigenvalue weighted by molar-refractivity contribution is 5.81. The Bertz CT molecular complexity index is 1140. The van der Waals surface area contributed by atoms with Crippen molar-refractivity contribution in [1.29, 1.82) is 0 Å². The average molecular weight is 431 g/mol. The predicted octanol–water partition coefficient (Wildman–Crippen LogP) is 4.59. The summed E-state index contributed by atoms with van der Waals surface area (Å²) in [6.45, 7) is 1.42. The van der Waals surface area contributed by atoms with Crippen LogP contribution >= 0.6 is 0 Å². The molecule has 0 N–H and O–H groups in total. The monoisotopic (exact) mass is 431 g/mol. The molecule has 2 aliphatic rings. The maximum atomic E-state index is 14.9. The highest BCUT2D eigenvalue weighted by Gasteiger charge is 2.45. The van der Waals surface area contributed by atoms with Crippen LogP contribution in [0.5, 0.6) is 5.88 Å². The summed E-state index contributed by atoms with van der Waals surface area (Å²) in [5.41, 5.74) is 2.03. The smallest absolute Gasteiger partial charge is 0.398 e. The second-order valence-corrected chi connectivity index (χ2v) is 7.67. The van der Waals surface area contributed by atoms with Crippen molar-refractivity contribution in [2.24, 2.45) is 5.92 Å². The summed E-state index contributed by atoms with van der Waals surface area (Å²) in [6.07, 6.45) is -3.06. The van der Waals surface area contributed by atoms with Gasteiger partial charge in [-0.05, 0) is 24.6 Å². The van der Waals surface area contributed by atoms with Crippen LogP contribution in [0.15, 0.2) is 54.9 Å². The number of ether oxygens (including phenoxy) is 1. The number of alkyl halides is 3. The molecule has 0 saturated carbocycles. The van der Waals surface area contributed by atoms with Gasteiger partial charge in [0.15, 0.2) is 0 Å². The minimum atomic E-state index is -5.15. The first-order valence-corrected chi connectivity index (χ1v) is 9.79. The van der Waals surface area contributed by atoms with E-state index in [1.54, 1.807) is 10.6 Å². The fourth-order valence-corrected chi connectivity index (χ4v) is 4.59. The lowest BCUT2D eigenvalue weighted by Gasteiger charge is -2.24. The average Bonchev–Trinajstić information content (AvgIpc) is 3.44. The van der Waals surface area contributed by atoms with E-state index in [0.29, 0.717) is 17.7 Å². The van der Waals surface area contributed by atoms with Crippen molar-refractivity contribution in [3.05, 3.63) is 66.2 Å². The molecule has 3 aromatic rings. The maximum Gasteiger partial charge on any atom is 0.491 e. The molecule has 2 aliphatic heterocycles. The predicted molar refractivity (Wildman–Crippen MR) is 104 cm³/mol. The Kier molecular flexibility index (Phi) is 4.49. The number of imidazole rings is 1. The Hall–Kier alpha value is -3.36. The van der Waals surface area contributed by atoms with E-state index in [-0.39, 0.29) is 11.6 Å². The van der Waals surface area contributed by atoms with Gasteiger partial charge in [0.2, 0.25) is 5.88 Å². The van der Waals surface area contributed by atoms with Crippen molar-refractivity contribution in [3.8, 4) is 17.1 Å².